The van der Waals surface area contributed by atoms with Gasteiger partial charge in [0.15, 0.2) is 11.6 Å². The van der Waals surface area contributed by atoms with Crippen molar-refractivity contribution in [2.24, 2.45) is 17.6 Å². The van der Waals surface area contributed by atoms with E-state index in [2.05, 4.69) is 0 Å². The molecule has 1 aromatic rings. The standard InChI is InChI=1S/C23H26N2O7S/c1-4-25(5-2)17-9-8-12-15(18(27)13(9)19(28)16(21(17)30)23(24)31)20(29)14-10(26)6-7-11(32-3)22(14)33-12/h6-7,9,12-13,17,26,29-30H,4-5,8H2,1-3H3,(H2,24,31)/t9?,12?,13?,17-/m0/s1. The monoisotopic (exact) mass is 474 g/mol. The van der Waals surface area contributed by atoms with Gasteiger partial charge in [0.25, 0.3) is 5.91 Å². The Morgan fingerprint density at radius 2 is 1.85 bits per heavy atom. The van der Waals surface area contributed by atoms with E-state index in [0.29, 0.717) is 23.7 Å². The summed E-state index contributed by atoms with van der Waals surface area (Å²) in [4.78, 5) is 41.3. The van der Waals surface area contributed by atoms with Gasteiger partial charge in [-0.05, 0) is 31.6 Å². The molecular formula is C23H26N2O7S. The Bertz CT molecular complexity index is 1120. The molecule has 4 atom stereocenters. The molecule has 5 N–H and O–H groups in total. The van der Waals surface area contributed by atoms with Crippen LogP contribution in [0.15, 0.2) is 33.9 Å². The highest BCUT2D eigenvalue weighted by Gasteiger charge is 2.56. The van der Waals surface area contributed by atoms with Gasteiger partial charge >= 0.3 is 0 Å². The fourth-order valence-corrected chi connectivity index (χ4v) is 6.84. The number of ether oxygens (including phenoxy) is 1. The van der Waals surface area contributed by atoms with Crippen molar-refractivity contribution in [2.45, 2.75) is 36.5 Å². The number of phenolic OH excluding ortho intramolecular Hbond substituents is 1. The van der Waals surface area contributed by atoms with Crippen LogP contribution in [0.5, 0.6) is 11.5 Å². The van der Waals surface area contributed by atoms with E-state index in [1.54, 1.807) is 6.07 Å². The summed E-state index contributed by atoms with van der Waals surface area (Å²) in [5.41, 5.74) is 4.95. The lowest BCUT2D eigenvalue weighted by Crippen LogP contribution is -2.57. The lowest BCUT2D eigenvalue weighted by Gasteiger charge is -2.47. The van der Waals surface area contributed by atoms with Gasteiger partial charge in [0.1, 0.15) is 28.6 Å². The molecule has 1 amide bonds. The van der Waals surface area contributed by atoms with Gasteiger partial charge < -0.3 is 25.8 Å². The number of thioether (sulfide) groups is 1. The first-order valence-corrected chi connectivity index (χ1v) is 11.6. The van der Waals surface area contributed by atoms with Gasteiger partial charge in [-0.2, -0.15) is 0 Å². The molecule has 0 radical (unpaired) electrons. The summed E-state index contributed by atoms with van der Waals surface area (Å²) in [6.07, 6.45) is 0.279. The summed E-state index contributed by atoms with van der Waals surface area (Å²) in [6, 6.07) is 2.19. The van der Waals surface area contributed by atoms with Crippen LogP contribution in [0.1, 0.15) is 25.8 Å². The zero-order valence-corrected chi connectivity index (χ0v) is 19.3. The lowest BCUT2D eigenvalue weighted by atomic mass is 9.64. The number of hydrogen-bond acceptors (Lipinski definition) is 9. The molecule has 1 saturated carbocycles. The summed E-state index contributed by atoms with van der Waals surface area (Å²) < 4.78 is 5.39. The zero-order chi connectivity index (χ0) is 24.2. The second kappa shape index (κ2) is 8.42. The van der Waals surface area contributed by atoms with Crippen LogP contribution in [0, 0.1) is 11.8 Å². The summed E-state index contributed by atoms with van der Waals surface area (Å²) in [7, 11) is 1.47. The van der Waals surface area contributed by atoms with Gasteiger partial charge in [-0.3, -0.25) is 19.3 Å². The van der Waals surface area contributed by atoms with Crippen molar-refractivity contribution < 1.29 is 34.4 Å². The number of likely N-dealkylation sites (N-methyl/N-ethyl adjacent to an activating group) is 1. The Morgan fingerprint density at radius 1 is 1.18 bits per heavy atom. The summed E-state index contributed by atoms with van der Waals surface area (Å²) in [6.45, 7) is 4.79. The minimum Gasteiger partial charge on any atom is -0.510 e. The Labute approximate surface area is 194 Å². The van der Waals surface area contributed by atoms with E-state index in [4.69, 9.17) is 10.5 Å². The van der Waals surface area contributed by atoms with Gasteiger partial charge in [-0.1, -0.05) is 13.8 Å². The number of aliphatic hydroxyl groups is 2. The number of carbonyl (C=O) groups excluding carboxylic acids is 3. The van der Waals surface area contributed by atoms with E-state index >= 15 is 0 Å². The highest BCUT2D eigenvalue weighted by Crippen LogP contribution is 2.55. The first-order chi connectivity index (χ1) is 15.7. The average Bonchev–Trinajstić information content (AvgIpc) is 2.76. The van der Waals surface area contributed by atoms with Crippen LogP contribution >= 0.6 is 11.8 Å². The number of amides is 1. The maximum absolute atomic E-state index is 13.7. The third-order valence-corrected chi connectivity index (χ3v) is 8.13. The molecule has 2 aliphatic carbocycles. The molecule has 3 unspecified atom stereocenters. The molecule has 9 nitrogen and oxygen atoms in total. The van der Waals surface area contributed by atoms with Gasteiger partial charge in [0, 0.05) is 11.2 Å². The Morgan fingerprint density at radius 3 is 2.42 bits per heavy atom. The van der Waals surface area contributed by atoms with Crippen molar-refractivity contribution in [3.63, 3.8) is 0 Å². The Balaban J connectivity index is 1.91. The Hall–Kier alpha value is -2.98. The third kappa shape index (κ3) is 3.31. The second-order valence-corrected chi connectivity index (χ2v) is 9.47. The van der Waals surface area contributed by atoms with Gasteiger partial charge in [0.05, 0.1) is 35.1 Å². The number of primary amides is 1. The Kier molecular flexibility index (Phi) is 5.92. The van der Waals surface area contributed by atoms with E-state index in [1.807, 2.05) is 18.7 Å². The molecule has 10 heteroatoms. The van der Waals surface area contributed by atoms with E-state index in [9.17, 15) is 29.7 Å². The van der Waals surface area contributed by atoms with E-state index in [0.717, 1.165) is 0 Å². The number of Topliss-reactive ketones (excluding diaryl/α,β-unsaturated/α-hetero) is 2. The number of aromatic hydroxyl groups is 1. The molecular weight excluding hydrogens is 448 g/mol. The largest absolute Gasteiger partial charge is 0.510 e. The van der Waals surface area contributed by atoms with E-state index in [-0.39, 0.29) is 23.3 Å². The number of nitrogens with two attached hydrogens (primary N) is 1. The molecule has 33 heavy (non-hydrogen) atoms. The maximum Gasteiger partial charge on any atom is 0.255 e. The molecule has 1 heterocycles. The predicted molar refractivity (Wildman–Crippen MR) is 121 cm³/mol. The first kappa shape index (κ1) is 23.2. The van der Waals surface area contributed by atoms with Crippen LogP contribution in [0.2, 0.25) is 0 Å². The fourth-order valence-electron chi connectivity index (χ4n) is 5.30. The van der Waals surface area contributed by atoms with Crippen molar-refractivity contribution in [3.8, 4) is 11.5 Å². The van der Waals surface area contributed by atoms with Gasteiger partial charge in [-0.25, -0.2) is 0 Å². The molecule has 0 spiro atoms. The van der Waals surface area contributed by atoms with Crippen LogP contribution in [-0.4, -0.2) is 69.2 Å². The molecule has 3 aliphatic rings. The molecule has 0 bridgehead atoms. The molecule has 176 valence electrons. The third-order valence-electron chi connectivity index (χ3n) is 6.78. The smallest absolute Gasteiger partial charge is 0.255 e. The summed E-state index contributed by atoms with van der Waals surface area (Å²) in [5, 5.41) is 31.8. The number of benzene rings is 1. The van der Waals surface area contributed by atoms with Crippen LogP contribution in [0.3, 0.4) is 0 Å². The minimum atomic E-state index is -1.27. The number of phenols is 1. The molecule has 4 rings (SSSR count). The number of nitrogens with zero attached hydrogens (tertiary/aromatic N) is 1. The summed E-state index contributed by atoms with van der Waals surface area (Å²) in [5.74, 6) is -5.02. The number of methoxy groups -OCH3 is 1. The minimum absolute atomic E-state index is 0.0224. The van der Waals surface area contributed by atoms with E-state index < -0.39 is 57.7 Å². The van der Waals surface area contributed by atoms with Crippen LogP contribution < -0.4 is 10.5 Å². The number of carbonyl (C=O) groups is 3. The normalized spacial score (nSPS) is 26.8. The quantitative estimate of drug-likeness (QED) is 0.371. The second-order valence-electron chi connectivity index (χ2n) is 8.26. The molecule has 1 aromatic carbocycles. The average molecular weight is 475 g/mol. The number of fused-ring (bicyclic) bond motifs is 3. The number of ketones is 2. The molecule has 0 saturated heterocycles. The maximum atomic E-state index is 13.7. The van der Waals surface area contributed by atoms with Crippen LogP contribution in [-0.2, 0) is 14.4 Å². The highest BCUT2D eigenvalue weighted by molar-refractivity contribution is 8.00. The molecule has 1 fully saturated rings. The molecule has 1 aliphatic heterocycles. The fraction of sp³-hybridized carbons (Fsp3) is 0.435. The zero-order valence-electron chi connectivity index (χ0n) is 18.5. The highest BCUT2D eigenvalue weighted by atomic mass is 32.2. The van der Waals surface area contributed by atoms with Crippen molar-refractivity contribution in [1.29, 1.82) is 0 Å². The van der Waals surface area contributed by atoms with E-state index in [1.165, 1.54) is 24.9 Å². The van der Waals surface area contributed by atoms with Crippen molar-refractivity contribution in [1.82, 2.24) is 4.90 Å². The van der Waals surface area contributed by atoms with Crippen molar-refractivity contribution in [2.75, 3.05) is 20.2 Å². The summed E-state index contributed by atoms with van der Waals surface area (Å²) >= 11 is 1.27. The number of aliphatic hydroxyl groups excluding tert-OH is 2. The van der Waals surface area contributed by atoms with Crippen LogP contribution in [0.25, 0.3) is 5.76 Å². The topological polar surface area (TPSA) is 150 Å². The van der Waals surface area contributed by atoms with Crippen LogP contribution in [0.4, 0.5) is 0 Å². The molecule has 0 aromatic heterocycles. The lowest BCUT2D eigenvalue weighted by molar-refractivity contribution is -0.136. The SMILES string of the molecule is CCN(CC)[C@@H]1C(O)=C(C(N)=O)C(=O)C2C(=O)C3=C(O)c4c(O)ccc(OC)c4SC3CC21. The first-order valence-electron chi connectivity index (χ1n) is 10.7. The number of hydrogen-bond donors (Lipinski definition) is 4. The van der Waals surface area contributed by atoms with Crippen molar-refractivity contribution >= 4 is 35.0 Å². The predicted octanol–water partition coefficient (Wildman–Crippen LogP) is 1.94. The number of rotatable bonds is 5. The van der Waals surface area contributed by atoms with Gasteiger partial charge in [0.2, 0.25) is 0 Å². The van der Waals surface area contributed by atoms with Gasteiger partial charge in [-0.15, -0.1) is 11.8 Å². The van der Waals surface area contributed by atoms with Crippen molar-refractivity contribution in [3.05, 3.63) is 34.6 Å².